The minimum atomic E-state index is -1.05. The van der Waals surface area contributed by atoms with E-state index in [4.69, 9.17) is 0 Å². The molecule has 1 atom stereocenters. The molecule has 0 aliphatic rings. The van der Waals surface area contributed by atoms with E-state index in [2.05, 4.69) is 5.32 Å². The normalized spacial score (nSPS) is 12.0. The van der Waals surface area contributed by atoms with Gasteiger partial charge >= 0.3 is 5.97 Å². The summed E-state index contributed by atoms with van der Waals surface area (Å²) >= 11 is 0. The summed E-state index contributed by atoms with van der Waals surface area (Å²) in [6.07, 6.45) is 0.215. The van der Waals surface area contributed by atoms with Crippen LogP contribution in [-0.2, 0) is 11.2 Å². The summed E-state index contributed by atoms with van der Waals surface area (Å²) in [6, 6.07) is 25.6. The van der Waals surface area contributed by atoms with Gasteiger partial charge in [0.2, 0.25) is 0 Å². The third-order valence-corrected chi connectivity index (χ3v) is 4.94. The first kappa shape index (κ1) is 17.7. The minimum absolute atomic E-state index is 0.215. The number of hydrogen-bond acceptors (Lipinski definition) is 2. The molecule has 0 spiro atoms. The van der Waals surface area contributed by atoms with Crippen LogP contribution in [0.4, 0.5) is 0 Å². The number of hydrogen-bond donors (Lipinski definition) is 2. The fourth-order valence-corrected chi connectivity index (χ4v) is 3.55. The fourth-order valence-electron chi connectivity index (χ4n) is 3.55. The highest BCUT2D eigenvalue weighted by atomic mass is 16.4. The molecule has 1 unspecified atom stereocenters. The van der Waals surface area contributed by atoms with Gasteiger partial charge in [-0.05, 0) is 33.2 Å². The molecule has 0 heterocycles. The molecule has 2 N–H and O–H groups in total. The molecule has 4 nitrogen and oxygen atoms in total. The molecule has 4 aromatic rings. The highest BCUT2D eigenvalue weighted by molar-refractivity contribution is 6.08. The van der Waals surface area contributed by atoms with Gasteiger partial charge in [-0.25, -0.2) is 4.79 Å². The molecule has 0 saturated carbocycles. The van der Waals surface area contributed by atoms with Gasteiger partial charge in [-0.3, -0.25) is 4.79 Å². The molecular weight excluding hydrogens is 350 g/mol. The van der Waals surface area contributed by atoms with Crippen LogP contribution in [0.15, 0.2) is 84.9 Å². The number of amides is 1. The van der Waals surface area contributed by atoms with Crippen LogP contribution in [-0.4, -0.2) is 23.0 Å². The van der Waals surface area contributed by atoms with Gasteiger partial charge in [0.25, 0.3) is 5.91 Å². The van der Waals surface area contributed by atoms with Gasteiger partial charge in [-0.15, -0.1) is 0 Å². The Kier molecular flexibility index (Phi) is 4.77. The van der Waals surface area contributed by atoms with E-state index < -0.39 is 12.0 Å². The highest BCUT2D eigenvalue weighted by Crippen LogP contribution is 2.21. The monoisotopic (exact) mass is 369 g/mol. The first-order valence-electron chi connectivity index (χ1n) is 9.11. The maximum absolute atomic E-state index is 12.9. The number of carbonyl (C=O) groups excluding carboxylic acids is 1. The Hall–Kier alpha value is -3.66. The van der Waals surface area contributed by atoms with E-state index in [1.165, 1.54) is 0 Å². The van der Waals surface area contributed by atoms with Crippen molar-refractivity contribution in [3.05, 3.63) is 96.1 Å². The number of carboxylic acid groups (broad SMARTS) is 1. The smallest absolute Gasteiger partial charge is 0.326 e. The molecule has 0 fully saturated rings. The third-order valence-electron chi connectivity index (χ3n) is 4.94. The van der Waals surface area contributed by atoms with Gasteiger partial charge in [0.15, 0.2) is 0 Å². The van der Waals surface area contributed by atoms with Crippen LogP contribution in [0.3, 0.4) is 0 Å². The summed E-state index contributed by atoms with van der Waals surface area (Å²) in [5.41, 5.74) is 1.37. The van der Waals surface area contributed by atoms with Crippen LogP contribution in [0.5, 0.6) is 0 Å². The van der Waals surface area contributed by atoms with Crippen LogP contribution in [0, 0.1) is 0 Å². The predicted molar refractivity (Wildman–Crippen MR) is 110 cm³/mol. The maximum atomic E-state index is 12.9. The van der Waals surface area contributed by atoms with E-state index in [0.717, 1.165) is 27.1 Å². The standard InChI is InChI=1S/C24H19NO3/c26-23(21-14-6-10-17-8-2-4-13-20(17)21)25-22(24(27)28)15-18-11-5-9-16-7-1-3-12-19(16)18/h1-14,22H,15H2,(H,25,26)(H,27,28). The molecule has 0 aromatic heterocycles. The quantitative estimate of drug-likeness (QED) is 0.547. The molecule has 28 heavy (non-hydrogen) atoms. The summed E-state index contributed by atoms with van der Waals surface area (Å²) in [4.78, 5) is 24.7. The number of benzene rings is 4. The topological polar surface area (TPSA) is 66.4 Å². The molecule has 138 valence electrons. The van der Waals surface area contributed by atoms with E-state index in [9.17, 15) is 14.7 Å². The van der Waals surface area contributed by atoms with E-state index in [0.29, 0.717) is 5.56 Å². The Balaban J connectivity index is 1.63. The summed E-state index contributed by atoms with van der Waals surface area (Å²) in [6.45, 7) is 0. The van der Waals surface area contributed by atoms with Crippen LogP contribution in [0.1, 0.15) is 15.9 Å². The molecule has 4 heteroatoms. The molecular formula is C24H19NO3. The van der Waals surface area contributed by atoms with Crippen molar-refractivity contribution in [2.75, 3.05) is 0 Å². The van der Waals surface area contributed by atoms with Gasteiger partial charge < -0.3 is 10.4 Å². The Morgan fingerprint density at radius 3 is 2.04 bits per heavy atom. The van der Waals surface area contributed by atoms with Crippen LogP contribution in [0.2, 0.25) is 0 Å². The zero-order valence-corrected chi connectivity index (χ0v) is 15.1. The van der Waals surface area contributed by atoms with Crippen LogP contribution >= 0.6 is 0 Å². The second kappa shape index (κ2) is 7.53. The zero-order chi connectivity index (χ0) is 19.5. The second-order valence-electron chi connectivity index (χ2n) is 6.73. The summed E-state index contributed by atoms with van der Waals surface area (Å²) in [7, 11) is 0. The van der Waals surface area contributed by atoms with Crippen molar-refractivity contribution in [1.29, 1.82) is 0 Å². The number of carboxylic acids is 1. The van der Waals surface area contributed by atoms with E-state index in [-0.39, 0.29) is 12.3 Å². The lowest BCUT2D eigenvalue weighted by Crippen LogP contribution is -2.42. The Labute approximate surface area is 162 Å². The number of aliphatic carboxylic acids is 1. The van der Waals surface area contributed by atoms with Gasteiger partial charge in [-0.1, -0.05) is 78.9 Å². The largest absolute Gasteiger partial charge is 0.480 e. The van der Waals surface area contributed by atoms with E-state index in [1.807, 2.05) is 72.8 Å². The minimum Gasteiger partial charge on any atom is -0.480 e. The highest BCUT2D eigenvalue weighted by Gasteiger charge is 2.22. The van der Waals surface area contributed by atoms with Crippen molar-refractivity contribution in [3.8, 4) is 0 Å². The lowest BCUT2D eigenvalue weighted by atomic mass is 9.98. The molecule has 0 aliphatic carbocycles. The molecule has 0 saturated heterocycles. The third kappa shape index (κ3) is 3.45. The van der Waals surface area contributed by atoms with Crippen LogP contribution < -0.4 is 5.32 Å². The van der Waals surface area contributed by atoms with Crippen molar-refractivity contribution in [1.82, 2.24) is 5.32 Å². The first-order valence-corrected chi connectivity index (χ1v) is 9.11. The zero-order valence-electron chi connectivity index (χ0n) is 15.1. The van der Waals surface area contributed by atoms with Crippen molar-refractivity contribution in [2.24, 2.45) is 0 Å². The number of carbonyl (C=O) groups is 2. The van der Waals surface area contributed by atoms with Gasteiger partial charge in [-0.2, -0.15) is 0 Å². The molecule has 0 bridgehead atoms. The summed E-state index contributed by atoms with van der Waals surface area (Å²) < 4.78 is 0. The SMILES string of the molecule is O=C(NC(Cc1cccc2ccccc12)C(=O)O)c1cccc2ccccc12. The Morgan fingerprint density at radius 2 is 1.32 bits per heavy atom. The van der Waals surface area contributed by atoms with Gasteiger partial charge in [0, 0.05) is 12.0 Å². The molecule has 1 amide bonds. The average Bonchev–Trinajstić information content (AvgIpc) is 2.73. The summed E-state index contributed by atoms with van der Waals surface area (Å²) in [5, 5.41) is 16.2. The predicted octanol–water partition coefficient (Wildman–Crippen LogP) is 4.42. The first-order chi connectivity index (χ1) is 13.6. The van der Waals surface area contributed by atoms with Gasteiger partial charge in [0.1, 0.15) is 6.04 Å². The van der Waals surface area contributed by atoms with Crippen molar-refractivity contribution < 1.29 is 14.7 Å². The van der Waals surface area contributed by atoms with Crippen LogP contribution in [0.25, 0.3) is 21.5 Å². The fraction of sp³-hybridized carbons (Fsp3) is 0.0833. The summed E-state index contributed by atoms with van der Waals surface area (Å²) in [5.74, 6) is -1.44. The Bertz CT molecular complexity index is 1170. The van der Waals surface area contributed by atoms with E-state index in [1.54, 1.807) is 12.1 Å². The number of nitrogens with one attached hydrogen (secondary N) is 1. The molecule has 0 aliphatic heterocycles. The lowest BCUT2D eigenvalue weighted by Gasteiger charge is -2.17. The second-order valence-corrected chi connectivity index (χ2v) is 6.73. The lowest BCUT2D eigenvalue weighted by molar-refractivity contribution is -0.139. The number of fused-ring (bicyclic) bond motifs is 2. The maximum Gasteiger partial charge on any atom is 0.326 e. The molecule has 0 radical (unpaired) electrons. The van der Waals surface area contributed by atoms with Crippen molar-refractivity contribution in [3.63, 3.8) is 0 Å². The van der Waals surface area contributed by atoms with Crippen molar-refractivity contribution >= 4 is 33.4 Å². The molecule has 4 aromatic carbocycles. The van der Waals surface area contributed by atoms with Crippen molar-refractivity contribution in [2.45, 2.75) is 12.5 Å². The Morgan fingerprint density at radius 1 is 0.750 bits per heavy atom. The van der Waals surface area contributed by atoms with E-state index >= 15 is 0 Å². The average molecular weight is 369 g/mol. The molecule has 4 rings (SSSR count). The van der Waals surface area contributed by atoms with Gasteiger partial charge in [0.05, 0.1) is 0 Å². The number of rotatable bonds is 5.